The Hall–Kier alpha value is -1.89. The lowest BCUT2D eigenvalue weighted by atomic mass is 9.95. The number of ether oxygens (including phenoxy) is 2. The largest absolute Gasteiger partial charge is 0.459 e. The zero-order valence-corrected chi connectivity index (χ0v) is 13.9. The van der Waals surface area contributed by atoms with Crippen LogP contribution in [0, 0.1) is 5.92 Å². The monoisotopic (exact) mass is 319 g/mol. The van der Waals surface area contributed by atoms with Crippen molar-refractivity contribution in [2.45, 2.75) is 52.1 Å². The molecule has 0 aromatic carbocycles. The van der Waals surface area contributed by atoms with Crippen LogP contribution in [0.1, 0.15) is 45.2 Å². The first-order chi connectivity index (χ1) is 11.2. The van der Waals surface area contributed by atoms with Crippen LogP contribution in [0.3, 0.4) is 0 Å². The van der Waals surface area contributed by atoms with Crippen molar-refractivity contribution in [3.8, 4) is 6.01 Å². The second-order valence-electron chi connectivity index (χ2n) is 6.24. The van der Waals surface area contributed by atoms with Crippen molar-refractivity contribution in [3.63, 3.8) is 0 Å². The second kappa shape index (κ2) is 7.12. The SMILES string of the molecule is CCCC(C)Oc1nc(N)c2ncc(CC3CCOCC3)n2n1. The first-order valence-electron chi connectivity index (χ1n) is 8.42. The summed E-state index contributed by atoms with van der Waals surface area (Å²) in [6.45, 7) is 5.81. The smallest absolute Gasteiger partial charge is 0.336 e. The first kappa shape index (κ1) is 16.0. The first-order valence-corrected chi connectivity index (χ1v) is 8.42. The maximum Gasteiger partial charge on any atom is 0.336 e. The van der Waals surface area contributed by atoms with Crippen LogP contribution in [-0.2, 0) is 11.2 Å². The molecular formula is C16H25N5O2. The average molecular weight is 319 g/mol. The van der Waals surface area contributed by atoms with Crippen LogP contribution in [0.15, 0.2) is 6.20 Å². The molecule has 7 heteroatoms. The van der Waals surface area contributed by atoms with E-state index >= 15 is 0 Å². The molecule has 126 valence electrons. The normalized spacial score (nSPS) is 17.5. The molecule has 2 N–H and O–H groups in total. The molecule has 0 radical (unpaired) electrons. The van der Waals surface area contributed by atoms with Gasteiger partial charge < -0.3 is 15.2 Å². The lowest BCUT2D eigenvalue weighted by Crippen LogP contribution is -2.19. The number of nitrogens with two attached hydrogens (primary N) is 1. The molecule has 0 aliphatic carbocycles. The van der Waals surface area contributed by atoms with E-state index in [1.807, 2.05) is 13.1 Å². The van der Waals surface area contributed by atoms with E-state index in [0.717, 1.165) is 51.0 Å². The molecule has 1 aliphatic rings. The van der Waals surface area contributed by atoms with E-state index in [-0.39, 0.29) is 6.10 Å². The number of hydrogen-bond acceptors (Lipinski definition) is 6. The van der Waals surface area contributed by atoms with Crippen LogP contribution < -0.4 is 10.5 Å². The Labute approximate surface area is 136 Å². The van der Waals surface area contributed by atoms with Crippen molar-refractivity contribution in [3.05, 3.63) is 11.9 Å². The second-order valence-corrected chi connectivity index (χ2v) is 6.24. The van der Waals surface area contributed by atoms with Gasteiger partial charge in [0, 0.05) is 13.2 Å². The van der Waals surface area contributed by atoms with Gasteiger partial charge in [-0.05, 0) is 38.5 Å². The van der Waals surface area contributed by atoms with E-state index in [1.54, 1.807) is 4.52 Å². The maximum absolute atomic E-state index is 6.02. The molecule has 1 fully saturated rings. The van der Waals surface area contributed by atoms with Crippen molar-refractivity contribution in [1.82, 2.24) is 19.6 Å². The molecule has 23 heavy (non-hydrogen) atoms. The Kier molecular flexibility index (Phi) is 4.95. The summed E-state index contributed by atoms with van der Waals surface area (Å²) in [6.07, 6.45) is 6.99. The van der Waals surface area contributed by atoms with Gasteiger partial charge in [0.25, 0.3) is 0 Å². The van der Waals surface area contributed by atoms with E-state index in [0.29, 0.717) is 23.4 Å². The zero-order chi connectivity index (χ0) is 16.2. The number of hydrogen-bond donors (Lipinski definition) is 1. The molecule has 2 aromatic heterocycles. The minimum atomic E-state index is 0.0688. The van der Waals surface area contributed by atoms with Gasteiger partial charge in [0.05, 0.1) is 18.0 Å². The molecule has 1 unspecified atom stereocenters. The fourth-order valence-electron chi connectivity index (χ4n) is 3.01. The van der Waals surface area contributed by atoms with E-state index in [2.05, 4.69) is 22.0 Å². The van der Waals surface area contributed by atoms with Crippen molar-refractivity contribution in [2.75, 3.05) is 18.9 Å². The number of fused-ring (bicyclic) bond motifs is 1. The number of nitrogens with zero attached hydrogens (tertiary/aromatic N) is 4. The van der Waals surface area contributed by atoms with E-state index in [1.165, 1.54) is 0 Å². The highest BCUT2D eigenvalue weighted by Crippen LogP contribution is 2.22. The maximum atomic E-state index is 6.02. The van der Waals surface area contributed by atoms with Gasteiger partial charge in [-0.3, -0.25) is 0 Å². The summed E-state index contributed by atoms with van der Waals surface area (Å²) < 4.78 is 13.0. The van der Waals surface area contributed by atoms with E-state index in [4.69, 9.17) is 15.2 Å². The fraction of sp³-hybridized carbons (Fsp3) is 0.688. The third kappa shape index (κ3) is 3.72. The lowest BCUT2D eigenvalue weighted by molar-refractivity contribution is 0.0661. The molecule has 1 atom stereocenters. The van der Waals surface area contributed by atoms with E-state index in [9.17, 15) is 0 Å². The van der Waals surface area contributed by atoms with Crippen LogP contribution in [0.4, 0.5) is 5.82 Å². The topological polar surface area (TPSA) is 87.6 Å². The van der Waals surface area contributed by atoms with E-state index < -0.39 is 0 Å². The van der Waals surface area contributed by atoms with Crippen LogP contribution in [-0.4, -0.2) is 38.9 Å². The van der Waals surface area contributed by atoms with Gasteiger partial charge in [0.2, 0.25) is 0 Å². The Morgan fingerprint density at radius 1 is 1.43 bits per heavy atom. The number of rotatable bonds is 6. The third-order valence-corrected chi connectivity index (χ3v) is 4.28. The van der Waals surface area contributed by atoms with Crippen molar-refractivity contribution < 1.29 is 9.47 Å². The molecule has 0 bridgehead atoms. The molecule has 2 aromatic rings. The Bertz CT molecular complexity index is 651. The predicted molar refractivity (Wildman–Crippen MR) is 87.4 cm³/mol. The number of anilines is 1. The zero-order valence-electron chi connectivity index (χ0n) is 13.9. The highest BCUT2D eigenvalue weighted by atomic mass is 16.5. The van der Waals surface area contributed by atoms with Crippen LogP contribution in [0.2, 0.25) is 0 Å². The third-order valence-electron chi connectivity index (χ3n) is 4.28. The van der Waals surface area contributed by atoms with Gasteiger partial charge >= 0.3 is 6.01 Å². The van der Waals surface area contributed by atoms with Crippen molar-refractivity contribution in [2.24, 2.45) is 5.92 Å². The van der Waals surface area contributed by atoms with Gasteiger partial charge in [0.15, 0.2) is 11.5 Å². The van der Waals surface area contributed by atoms with Gasteiger partial charge in [-0.15, -0.1) is 5.10 Å². The van der Waals surface area contributed by atoms with Gasteiger partial charge in [0.1, 0.15) is 0 Å². The number of aromatic nitrogens is 4. The van der Waals surface area contributed by atoms with Crippen LogP contribution in [0.25, 0.3) is 5.65 Å². The quantitative estimate of drug-likeness (QED) is 0.878. The van der Waals surface area contributed by atoms with Crippen LogP contribution in [0.5, 0.6) is 6.01 Å². The summed E-state index contributed by atoms with van der Waals surface area (Å²) in [5, 5.41) is 4.49. The Balaban J connectivity index is 1.83. The summed E-state index contributed by atoms with van der Waals surface area (Å²) in [7, 11) is 0. The molecule has 0 spiro atoms. The lowest BCUT2D eigenvalue weighted by Gasteiger charge is -2.21. The summed E-state index contributed by atoms with van der Waals surface area (Å²) in [5.74, 6) is 0.958. The number of nitrogen functional groups attached to an aromatic ring is 1. The molecule has 3 rings (SSSR count). The van der Waals surface area contributed by atoms with Crippen molar-refractivity contribution in [1.29, 1.82) is 0 Å². The highest BCUT2D eigenvalue weighted by molar-refractivity contribution is 5.59. The Morgan fingerprint density at radius 3 is 2.96 bits per heavy atom. The molecular weight excluding hydrogens is 294 g/mol. The molecule has 7 nitrogen and oxygen atoms in total. The predicted octanol–water partition coefficient (Wildman–Crippen LogP) is 2.24. The Morgan fingerprint density at radius 2 is 2.22 bits per heavy atom. The average Bonchev–Trinajstić information content (AvgIpc) is 2.92. The van der Waals surface area contributed by atoms with Gasteiger partial charge in [-0.2, -0.15) is 4.98 Å². The van der Waals surface area contributed by atoms with Crippen LogP contribution >= 0.6 is 0 Å². The fourth-order valence-corrected chi connectivity index (χ4v) is 3.01. The van der Waals surface area contributed by atoms with Gasteiger partial charge in [-0.1, -0.05) is 13.3 Å². The van der Waals surface area contributed by atoms with Gasteiger partial charge in [-0.25, -0.2) is 9.50 Å². The minimum absolute atomic E-state index is 0.0688. The molecule has 3 heterocycles. The molecule has 0 amide bonds. The number of imidazole rings is 1. The molecule has 0 saturated carbocycles. The molecule has 1 aliphatic heterocycles. The minimum Gasteiger partial charge on any atom is -0.459 e. The standard InChI is InChI=1S/C16H25N5O2/c1-3-4-11(2)23-16-19-14(17)15-18-10-13(21(15)20-16)9-12-5-7-22-8-6-12/h10-12H,3-9H2,1-2H3,(H2,17,19,20). The van der Waals surface area contributed by atoms with Crippen molar-refractivity contribution >= 4 is 11.5 Å². The summed E-state index contributed by atoms with van der Waals surface area (Å²) in [6, 6.07) is 0.321. The summed E-state index contributed by atoms with van der Waals surface area (Å²) >= 11 is 0. The highest BCUT2D eigenvalue weighted by Gasteiger charge is 2.19. The molecule has 1 saturated heterocycles. The summed E-state index contributed by atoms with van der Waals surface area (Å²) in [5.41, 5.74) is 7.67. The summed E-state index contributed by atoms with van der Waals surface area (Å²) in [4.78, 5) is 8.59.